The lowest BCUT2D eigenvalue weighted by Crippen LogP contribution is -2.20. The first-order valence-corrected chi connectivity index (χ1v) is 7.57. The predicted octanol–water partition coefficient (Wildman–Crippen LogP) is 2.17. The molecule has 1 fully saturated rings. The van der Waals surface area contributed by atoms with Gasteiger partial charge in [0.15, 0.2) is 5.82 Å². The number of nitrogens with zero attached hydrogens (tertiary/aromatic N) is 5. The molecule has 0 N–H and O–H groups in total. The predicted molar refractivity (Wildman–Crippen MR) is 82.3 cm³/mol. The first-order chi connectivity index (χ1) is 10.6. The Morgan fingerprint density at radius 2 is 2.18 bits per heavy atom. The van der Waals surface area contributed by atoms with E-state index in [1.54, 1.807) is 18.3 Å². The van der Waals surface area contributed by atoms with Crippen LogP contribution in [0.15, 0.2) is 29.2 Å². The fourth-order valence-corrected chi connectivity index (χ4v) is 2.62. The van der Waals surface area contributed by atoms with Crippen LogP contribution >= 0.6 is 11.6 Å². The van der Waals surface area contributed by atoms with Crippen molar-refractivity contribution in [3.8, 4) is 0 Å². The number of hydrogen-bond donors (Lipinski definition) is 0. The zero-order valence-corrected chi connectivity index (χ0v) is 12.8. The summed E-state index contributed by atoms with van der Waals surface area (Å²) < 4.78 is 3.37. The minimum absolute atomic E-state index is 0.141. The lowest BCUT2D eigenvalue weighted by Gasteiger charge is -2.11. The van der Waals surface area contributed by atoms with Gasteiger partial charge in [-0.3, -0.25) is 4.79 Å². The van der Waals surface area contributed by atoms with Gasteiger partial charge in [-0.15, -0.1) is 5.10 Å². The van der Waals surface area contributed by atoms with Gasteiger partial charge < -0.3 is 4.57 Å². The monoisotopic (exact) mass is 315 g/mol. The van der Waals surface area contributed by atoms with Crippen molar-refractivity contribution in [1.29, 1.82) is 0 Å². The van der Waals surface area contributed by atoms with E-state index in [-0.39, 0.29) is 5.56 Å². The SMILES string of the molecule is Cc1cc(=O)n2nc(C3CC3)nc2n1Cc1ccc(Cl)nc1. The lowest BCUT2D eigenvalue weighted by atomic mass is 10.2. The second-order valence-corrected chi connectivity index (χ2v) is 6.04. The van der Waals surface area contributed by atoms with Crippen molar-refractivity contribution < 1.29 is 0 Å². The van der Waals surface area contributed by atoms with Gasteiger partial charge in [-0.05, 0) is 31.4 Å². The number of fused-ring (bicyclic) bond motifs is 1. The molecule has 0 saturated heterocycles. The molecule has 3 aromatic heterocycles. The Morgan fingerprint density at radius 1 is 1.36 bits per heavy atom. The fraction of sp³-hybridized carbons (Fsp3) is 0.333. The molecule has 4 rings (SSSR count). The Bertz CT molecular complexity index is 908. The van der Waals surface area contributed by atoms with Crippen molar-refractivity contribution in [3.05, 3.63) is 57.0 Å². The number of aromatic nitrogens is 5. The average molecular weight is 316 g/mol. The maximum absolute atomic E-state index is 12.1. The highest BCUT2D eigenvalue weighted by atomic mass is 35.5. The maximum atomic E-state index is 12.1. The summed E-state index contributed by atoms with van der Waals surface area (Å²) in [5.74, 6) is 1.76. The lowest BCUT2D eigenvalue weighted by molar-refractivity contribution is 0.728. The highest BCUT2D eigenvalue weighted by Gasteiger charge is 2.29. The van der Waals surface area contributed by atoms with Gasteiger partial charge in [0.1, 0.15) is 5.15 Å². The second kappa shape index (κ2) is 4.91. The van der Waals surface area contributed by atoms with Crippen LogP contribution in [0.25, 0.3) is 5.78 Å². The molecule has 1 aliphatic rings. The molecule has 3 heterocycles. The molecule has 0 aliphatic heterocycles. The van der Waals surface area contributed by atoms with Crippen LogP contribution in [-0.4, -0.2) is 24.1 Å². The molecule has 0 atom stereocenters. The van der Waals surface area contributed by atoms with Gasteiger partial charge in [0.2, 0.25) is 5.78 Å². The van der Waals surface area contributed by atoms with Crippen molar-refractivity contribution in [2.24, 2.45) is 0 Å². The van der Waals surface area contributed by atoms with Gasteiger partial charge in [0.25, 0.3) is 5.56 Å². The van der Waals surface area contributed by atoms with Crippen LogP contribution in [0.1, 0.15) is 35.8 Å². The van der Waals surface area contributed by atoms with E-state index in [9.17, 15) is 4.79 Å². The molecule has 0 unspecified atom stereocenters. The maximum Gasteiger partial charge on any atom is 0.275 e. The third kappa shape index (κ3) is 2.29. The third-order valence-electron chi connectivity index (χ3n) is 3.89. The van der Waals surface area contributed by atoms with Gasteiger partial charge in [0, 0.05) is 23.9 Å². The van der Waals surface area contributed by atoms with Gasteiger partial charge in [0.05, 0.1) is 6.54 Å². The van der Waals surface area contributed by atoms with E-state index in [1.807, 2.05) is 17.6 Å². The number of halogens is 1. The van der Waals surface area contributed by atoms with Gasteiger partial charge in [-0.25, -0.2) is 4.98 Å². The molecular weight excluding hydrogens is 302 g/mol. The zero-order chi connectivity index (χ0) is 15.3. The highest BCUT2D eigenvalue weighted by molar-refractivity contribution is 6.29. The molecule has 0 spiro atoms. The molecule has 0 bridgehead atoms. The fourth-order valence-electron chi connectivity index (χ4n) is 2.51. The van der Waals surface area contributed by atoms with E-state index in [1.165, 1.54) is 4.52 Å². The van der Waals surface area contributed by atoms with Crippen LogP contribution in [-0.2, 0) is 6.54 Å². The van der Waals surface area contributed by atoms with Crippen LogP contribution in [0.4, 0.5) is 0 Å². The van der Waals surface area contributed by atoms with E-state index in [0.29, 0.717) is 23.4 Å². The minimum Gasteiger partial charge on any atom is -0.310 e. The van der Waals surface area contributed by atoms with Crippen molar-refractivity contribution in [2.45, 2.75) is 32.2 Å². The summed E-state index contributed by atoms with van der Waals surface area (Å²) in [4.78, 5) is 20.8. The summed E-state index contributed by atoms with van der Waals surface area (Å²) >= 11 is 5.82. The molecular formula is C15H14ClN5O. The van der Waals surface area contributed by atoms with E-state index in [4.69, 9.17) is 11.6 Å². The Kier molecular flexibility index (Phi) is 3.00. The molecule has 0 aromatic carbocycles. The van der Waals surface area contributed by atoms with Crippen LogP contribution < -0.4 is 5.56 Å². The smallest absolute Gasteiger partial charge is 0.275 e. The number of hydrogen-bond acceptors (Lipinski definition) is 4. The summed E-state index contributed by atoms with van der Waals surface area (Å²) in [6.45, 7) is 2.47. The van der Waals surface area contributed by atoms with E-state index in [2.05, 4.69) is 15.1 Å². The van der Waals surface area contributed by atoms with Crippen LogP contribution in [0.3, 0.4) is 0 Å². The normalized spacial score (nSPS) is 14.6. The summed E-state index contributed by atoms with van der Waals surface area (Å²) in [6, 6.07) is 5.26. The van der Waals surface area contributed by atoms with E-state index < -0.39 is 0 Å². The average Bonchev–Trinajstić information content (AvgIpc) is 3.24. The topological polar surface area (TPSA) is 65.1 Å². The Labute approximate surface area is 131 Å². The largest absolute Gasteiger partial charge is 0.310 e. The van der Waals surface area contributed by atoms with Crippen LogP contribution in [0, 0.1) is 6.92 Å². The second-order valence-electron chi connectivity index (χ2n) is 5.66. The summed E-state index contributed by atoms with van der Waals surface area (Å²) in [6.07, 6.45) is 3.94. The molecule has 22 heavy (non-hydrogen) atoms. The number of aryl methyl sites for hydroxylation is 1. The third-order valence-corrected chi connectivity index (χ3v) is 4.11. The first kappa shape index (κ1) is 13.5. The Balaban J connectivity index is 1.84. The van der Waals surface area contributed by atoms with Crippen molar-refractivity contribution in [1.82, 2.24) is 24.1 Å². The minimum atomic E-state index is -0.141. The van der Waals surface area contributed by atoms with Crippen molar-refractivity contribution in [2.75, 3.05) is 0 Å². The summed E-state index contributed by atoms with van der Waals surface area (Å²) in [5, 5.41) is 4.83. The molecule has 6 nitrogen and oxygen atoms in total. The van der Waals surface area contributed by atoms with Gasteiger partial charge in [-0.2, -0.15) is 9.50 Å². The van der Waals surface area contributed by atoms with E-state index in [0.717, 1.165) is 29.9 Å². The standard InChI is InChI=1S/C15H14ClN5O/c1-9-6-13(22)21-15(18-14(19-21)11-3-4-11)20(9)8-10-2-5-12(16)17-7-10/h2,5-7,11H,3-4,8H2,1H3. The van der Waals surface area contributed by atoms with Gasteiger partial charge >= 0.3 is 0 Å². The molecule has 112 valence electrons. The molecule has 0 radical (unpaired) electrons. The summed E-state index contributed by atoms with van der Waals surface area (Å²) in [5.41, 5.74) is 1.70. The van der Waals surface area contributed by atoms with E-state index >= 15 is 0 Å². The first-order valence-electron chi connectivity index (χ1n) is 7.19. The summed E-state index contributed by atoms with van der Waals surface area (Å²) in [7, 11) is 0. The van der Waals surface area contributed by atoms with Crippen LogP contribution in [0.5, 0.6) is 0 Å². The molecule has 1 saturated carbocycles. The van der Waals surface area contributed by atoms with Crippen molar-refractivity contribution in [3.63, 3.8) is 0 Å². The molecule has 0 amide bonds. The highest BCUT2D eigenvalue weighted by Crippen LogP contribution is 2.38. The Morgan fingerprint density at radius 3 is 2.86 bits per heavy atom. The van der Waals surface area contributed by atoms with Gasteiger partial charge in [-0.1, -0.05) is 17.7 Å². The number of pyridine rings is 1. The van der Waals surface area contributed by atoms with Crippen molar-refractivity contribution >= 4 is 17.4 Å². The quantitative estimate of drug-likeness (QED) is 0.695. The number of rotatable bonds is 3. The molecule has 3 aromatic rings. The van der Waals surface area contributed by atoms with Crippen LogP contribution in [0.2, 0.25) is 5.15 Å². The molecule has 1 aliphatic carbocycles. The Hall–Kier alpha value is -2.21. The zero-order valence-electron chi connectivity index (χ0n) is 12.0. The molecule has 7 heteroatoms.